The largest absolute Gasteiger partial charge is 0.480 e. The summed E-state index contributed by atoms with van der Waals surface area (Å²) in [6.07, 6.45) is 2.42. The summed E-state index contributed by atoms with van der Waals surface area (Å²) in [5, 5.41) is 9.80. The highest BCUT2D eigenvalue weighted by atomic mass is 32.2. The van der Waals surface area contributed by atoms with Gasteiger partial charge < -0.3 is 5.11 Å². The topological polar surface area (TPSA) is 50.2 Å². The molecule has 1 aromatic carbocycles. The third-order valence-corrected chi connectivity index (χ3v) is 4.24. The number of carboxylic acid groups (broad SMARTS) is 1. The second kappa shape index (κ2) is 5.87. The van der Waals surface area contributed by atoms with E-state index in [2.05, 4.69) is 4.98 Å². The molecule has 0 bridgehead atoms. The maximum atomic E-state index is 11.0. The van der Waals surface area contributed by atoms with Gasteiger partial charge in [0.1, 0.15) is 5.25 Å². The predicted molar refractivity (Wildman–Crippen MR) is 74.8 cm³/mol. The molecule has 1 aromatic heterocycles. The molecule has 0 saturated heterocycles. The van der Waals surface area contributed by atoms with Gasteiger partial charge in [0.15, 0.2) is 0 Å². The molecule has 2 aromatic rings. The van der Waals surface area contributed by atoms with E-state index in [1.165, 1.54) is 11.8 Å². The van der Waals surface area contributed by atoms with Gasteiger partial charge in [0, 0.05) is 17.3 Å². The van der Waals surface area contributed by atoms with Crippen molar-refractivity contribution in [2.45, 2.75) is 24.3 Å². The van der Waals surface area contributed by atoms with Crippen molar-refractivity contribution >= 4 is 28.6 Å². The van der Waals surface area contributed by atoms with Gasteiger partial charge in [0.25, 0.3) is 0 Å². The minimum absolute atomic E-state index is 0.336. The molecule has 0 aliphatic heterocycles. The number of hydrogen-bond donors (Lipinski definition) is 1. The zero-order valence-corrected chi connectivity index (χ0v) is 11.0. The summed E-state index contributed by atoms with van der Waals surface area (Å²) < 4.78 is 0. The maximum absolute atomic E-state index is 11.0. The Balaban J connectivity index is 2.19. The average Bonchev–Trinajstić information content (AvgIpc) is 2.39. The summed E-state index contributed by atoms with van der Waals surface area (Å²) in [6.45, 7) is 1.90. The minimum Gasteiger partial charge on any atom is -0.480 e. The van der Waals surface area contributed by atoms with Crippen LogP contribution in [0.5, 0.6) is 0 Å². The Kier molecular flexibility index (Phi) is 4.20. The number of aromatic nitrogens is 1. The van der Waals surface area contributed by atoms with Crippen LogP contribution in [0.2, 0.25) is 0 Å². The van der Waals surface area contributed by atoms with Crippen molar-refractivity contribution < 1.29 is 9.90 Å². The molecule has 94 valence electrons. The van der Waals surface area contributed by atoms with E-state index in [1.54, 1.807) is 6.20 Å². The second-order valence-electron chi connectivity index (χ2n) is 4.03. The molecule has 0 saturated carbocycles. The first-order valence-corrected chi connectivity index (χ1v) is 6.94. The number of para-hydroxylation sites is 1. The smallest absolute Gasteiger partial charge is 0.316 e. The van der Waals surface area contributed by atoms with Gasteiger partial charge in [-0.1, -0.05) is 25.1 Å². The molecule has 1 unspecified atom stereocenters. The standard InChI is InChI=1S/C14H15NO2S/c1-2-13(14(16)17)18-9-10-7-8-15-12-6-4-3-5-11(10)12/h3-8,13H,2,9H2,1H3,(H,16,17). The van der Waals surface area contributed by atoms with Crippen molar-refractivity contribution in [3.05, 3.63) is 42.1 Å². The Morgan fingerprint density at radius 3 is 2.89 bits per heavy atom. The van der Waals surface area contributed by atoms with Crippen molar-refractivity contribution in [1.82, 2.24) is 4.98 Å². The van der Waals surface area contributed by atoms with Crippen LogP contribution in [-0.4, -0.2) is 21.3 Å². The Labute approximate surface area is 110 Å². The molecule has 1 heterocycles. The van der Waals surface area contributed by atoms with Gasteiger partial charge in [0.05, 0.1) is 5.52 Å². The molecular formula is C14H15NO2S. The van der Waals surface area contributed by atoms with Gasteiger partial charge >= 0.3 is 5.97 Å². The first-order chi connectivity index (χ1) is 8.72. The van der Waals surface area contributed by atoms with Crippen LogP contribution in [0.1, 0.15) is 18.9 Å². The van der Waals surface area contributed by atoms with E-state index in [1.807, 2.05) is 37.3 Å². The Morgan fingerprint density at radius 2 is 2.17 bits per heavy atom. The Morgan fingerprint density at radius 1 is 1.39 bits per heavy atom. The molecule has 0 aliphatic carbocycles. The number of fused-ring (bicyclic) bond motifs is 1. The fourth-order valence-electron chi connectivity index (χ4n) is 1.84. The quantitative estimate of drug-likeness (QED) is 0.897. The Bertz CT molecular complexity index is 551. The molecule has 4 heteroatoms. The minimum atomic E-state index is -0.735. The summed E-state index contributed by atoms with van der Waals surface area (Å²) in [6, 6.07) is 9.90. The first kappa shape index (κ1) is 12.9. The average molecular weight is 261 g/mol. The highest BCUT2D eigenvalue weighted by Gasteiger charge is 2.15. The molecule has 0 radical (unpaired) electrons. The molecule has 18 heavy (non-hydrogen) atoms. The summed E-state index contributed by atoms with van der Waals surface area (Å²) >= 11 is 1.47. The van der Waals surface area contributed by atoms with E-state index >= 15 is 0 Å². The molecule has 3 nitrogen and oxygen atoms in total. The lowest BCUT2D eigenvalue weighted by molar-refractivity contribution is -0.136. The van der Waals surface area contributed by atoms with Gasteiger partial charge in [-0.15, -0.1) is 11.8 Å². The number of aliphatic carboxylic acids is 1. The lowest BCUT2D eigenvalue weighted by atomic mass is 10.1. The van der Waals surface area contributed by atoms with Crippen LogP contribution < -0.4 is 0 Å². The zero-order valence-electron chi connectivity index (χ0n) is 10.2. The SMILES string of the molecule is CCC(SCc1ccnc2ccccc12)C(=O)O. The second-order valence-corrected chi connectivity index (χ2v) is 5.22. The van der Waals surface area contributed by atoms with Gasteiger partial charge in [-0.05, 0) is 24.1 Å². The van der Waals surface area contributed by atoms with Crippen molar-refractivity contribution in [3.8, 4) is 0 Å². The fourth-order valence-corrected chi connectivity index (χ4v) is 2.85. The molecular weight excluding hydrogens is 246 g/mol. The number of carbonyl (C=O) groups is 1. The summed E-state index contributed by atoms with van der Waals surface area (Å²) in [7, 11) is 0. The number of thioether (sulfide) groups is 1. The summed E-state index contributed by atoms with van der Waals surface area (Å²) in [5.74, 6) is -0.0331. The normalized spacial score (nSPS) is 12.5. The monoisotopic (exact) mass is 261 g/mol. The third kappa shape index (κ3) is 2.82. The van der Waals surface area contributed by atoms with Crippen LogP contribution in [-0.2, 0) is 10.5 Å². The molecule has 0 aliphatic rings. The van der Waals surface area contributed by atoms with Crippen molar-refractivity contribution in [2.24, 2.45) is 0 Å². The number of carboxylic acids is 1. The van der Waals surface area contributed by atoms with Gasteiger partial charge in [0.2, 0.25) is 0 Å². The van der Waals surface area contributed by atoms with Crippen molar-refractivity contribution in [2.75, 3.05) is 0 Å². The molecule has 0 amide bonds. The molecule has 2 rings (SSSR count). The van der Waals surface area contributed by atoms with Gasteiger partial charge in [-0.3, -0.25) is 9.78 Å². The van der Waals surface area contributed by atoms with Crippen LogP contribution in [0.15, 0.2) is 36.5 Å². The van der Waals surface area contributed by atoms with Crippen LogP contribution in [0.25, 0.3) is 10.9 Å². The van der Waals surface area contributed by atoms with Crippen molar-refractivity contribution in [1.29, 1.82) is 0 Å². The number of rotatable bonds is 5. The van der Waals surface area contributed by atoms with Crippen LogP contribution in [0.4, 0.5) is 0 Å². The number of hydrogen-bond acceptors (Lipinski definition) is 3. The summed E-state index contributed by atoms with van der Waals surface area (Å²) in [4.78, 5) is 15.3. The van der Waals surface area contributed by atoms with Gasteiger partial charge in [-0.25, -0.2) is 0 Å². The van der Waals surface area contributed by atoms with Crippen LogP contribution in [0, 0.1) is 0 Å². The lowest BCUT2D eigenvalue weighted by Gasteiger charge is -2.10. The molecule has 0 spiro atoms. The Hall–Kier alpha value is -1.55. The van der Waals surface area contributed by atoms with Crippen molar-refractivity contribution in [3.63, 3.8) is 0 Å². The molecule has 1 atom stereocenters. The van der Waals surface area contributed by atoms with E-state index in [-0.39, 0.29) is 5.25 Å². The maximum Gasteiger partial charge on any atom is 0.316 e. The van der Waals surface area contributed by atoms with Crippen LogP contribution >= 0.6 is 11.8 Å². The number of pyridine rings is 1. The van der Waals surface area contributed by atoms with Crippen LogP contribution in [0.3, 0.4) is 0 Å². The van der Waals surface area contributed by atoms with E-state index in [0.717, 1.165) is 16.5 Å². The van der Waals surface area contributed by atoms with E-state index in [9.17, 15) is 4.79 Å². The van der Waals surface area contributed by atoms with E-state index in [0.29, 0.717) is 12.2 Å². The predicted octanol–water partition coefficient (Wildman–Crippen LogP) is 3.33. The number of benzene rings is 1. The highest BCUT2D eigenvalue weighted by molar-refractivity contribution is 7.99. The highest BCUT2D eigenvalue weighted by Crippen LogP contribution is 2.25. The van der Waals surface area contributed by atoms with E-state index in [4.69, 9.17) is 5.11 Å². The lowest BCUT2D eigenvalue weighted by Crippen LogP contribution is -2.15. The third-order valence-electron chi connectivity index (χ3n) is 2.83. The van der Waals surface area contributed by atoms with Gasteiger partial charge in [-0.2, -0.15) is 0 Å². The molecule has 1 N–H and O–H groups in total. The summed E-state index contributed by atoms with van der Waals surface area (Å²) in [5.41, 5.74) is 2.10. The zero-order chi connectivity index (χ0) is 13.0. The number of nitrogens with zero attached hydrogens (tertiary/aromatic N) is 1. The van der Waals surface area contributed by atoms with E-state index < -0.39 is 5.97 Å². The first-order valence-electron chi connectivity index (χ1n) is 5.89. The fraction of sp³-hybridized carbons (Fsp3) is 0.286. The molecule has 0 fully saturated rings.